The molecule has 19 heavy (non-hydrogen) atoms. The Morgan fingerprint density at radius 2 is 2.11 bits per heavy atom. The SMILES string of the molecule is CCNC(CSC(C)CC)c1cccc(OC)c1F. The summed E-state index contributed by atoms with van der Waals surface area (Å²) >= 11 is 1.87. The van der Waals surface area contributed by atoms with Crippen LogP contribution in [-0.4, -0.2) is 24.7 Å². The van der Waals surface area contributed by atoms with Crippen LogP contribution in [0.1, 0.15) is 38.8 Å². The van der Waals surface area contributed by atoms with E-state index in [4.69, 9.17) is 4.74 Å². The van der Waals surface area contributed by atoms with Crippen molar-refractivity contribution in [3.8, 4) is 5.75 Å². The fourth-order valence-corrected chi connectivity index (χ4v) is 2.89. The molecule has 1 rings (SSSR count). The van der Waals surface area contributed by atoms with Crippen LogP contribution in [-0.2, 0) is 0 Å². The van der Waals surface area contributed by atoms with Crippen molar-refractivity contribution >= 4 is 11.8 Å². The van der Waals surface area contributed by atoms with Crippen LogP contribution in [0.3, 0.4) is 0 Å². The van der Waals surface area contributed by atoms with Gasteiger partial charge in [-0.1, -0.05) is 32.9 Å². The molecule has 0 aliphatic heterocycles. The molecule has 0 bridgehead atoms. The Bertz CT molecular complexity index is 386. The fraction of sp³-hybridized carbons (Fsp3) is 0.600. The number of nitrogens with one attached hydrogen (secondary N) is 1. The summed E-state index contributed by atoms with van der Waals surface area (Å²) < 4.78 is 19.3. The molecular formula is C15H24FNOS. The molecule has 0 spiro atoms. The van der Waals surface area contributed by atoms with E-state index in [0.717, 1.165) is 18.7 Å². The van der Waals surface area contributed by atoms with Gasteiger partial charge in [0.15, 0.2) is 11.6 Å². The van der Waals surface area contributed by atoms with Gasteiger partial charge in [-0.2, -0.15) is 11.8 Å². The summed E-state index contributed by atoms with van der Waals surface area (Å²) in [5, 5.41) is 3.95. The minimum Gasteiger partial charge on any atom is -0.494 e. The van der Waals surface area contributed by atoms with E-state index in [0.29, 0.717) is 16.6 Å². The third kappa shape index (κ3) is 4.69. The maximum Gasteiger partial charge on any atom is 0.169 e. The maximum absolute atomic E-state index is 14.3. The van der Waals surface area contributed by atoms with Crippen molar-refractivity contribution < 1.29 is 9.13 Å². The van der Waals surface area contributed by atoms with Crippen LogP contribution in [0.25, 0.3) is 0 Å². The van der Waals surface area contributed by atoms with Crippen molar-refractivity contribution in [3.63, 3.8) is 0 Å². The molecule has 0 aromatic heterocycles. The average molecular weight is 285 g/mol. The van der Waals surface area contributed by atoms with E-state index >= 15 is 0 Å². The Morgan fingerprint density at radius 1 is 1.37 bits per heavy atom. The summed E-state index contributed by atoms with van der Waals surface area (Å²) in [7, 11) is 1.50. The lowest BCUT2D eigenvalue weighted by atomic mass is 10.1. The Kier molecular flexibility index (Phi) is 7.24. The van der Waals surface area contributed by atoms with E-state index in [-0.39, 0.29) is 11.9 Å². The molecule has 0 heterocycles. The number of rotatable bonds is 8. The highest BCUT2D eigenvalue weighted by molar-refractivity contribution is 7.99. The summed E-state index contributed by atoms with van der Waals surface area (Å²) in [5.41, 5.74) is 0.692. The van der Waals surface area contributed by atoms with Crippen LogP contribution in [0.2, 0.25) is 0 Å². The molecule has 0 fully saturated rings. The van der Waals surface area contributed by atoms with Crippen molar-refractivity contribution in [2.75, 3.05) is 19.4 Å². The zero-order valence-electron chi connectivity index (χ0n) is 12.2. The zero-order chi connectivity index (χ0) is 14.3. The molecule has 2 unspecified atom stereocenters. The number of hydrogen-bond acceptors (Lipinski definition) is 3. The Labute approximate surface area is 120 Å². The number of methoxy groups -OCH3 is 1. The van der Waals surface area contributed by atoms with Crippen LogP contribution >= 0.6 is 11.8 Å². The summed E-state index contributed by atoms with van der Waals surface area (Å²) in [6.45, 7) is 7.24. The lowest BCUT2D eigenvalue weighted by molar-refractivity contribution is 0.381. The largest absolute Gasteiger partial charge is 0.494 e. The number of halogens is 1. The molecular weight excluding hydrogens is 261 g/mol. The molecule has 0 aliphatic rings. The second-order valence-electron chi connectivity index (χ2n) is 4.53. The van der Waals surface area contributed by atoms with Gasteiger partial charge in [0.2, 0.25) is 0 Å². The molecule has 108 valence electrons. The van der Waals surface area contributed by atoms with E-state index in [9.17, 15) is 4.39 Å². The Morgan fingerprint density at radius 3 is 2.68 bits per heavy atom. The van der Waals surface area contributed by atoms with Gasteiger partial charge in [-0.3, -0.25) is 0 Å². The van der Waals surface area contributed by atoms with Crippen LogP contribution in [0, 0.1) is 5.82 Å². The molecule has 0 aliphatic carbocycles. The topological polar surface area (TPSA) is 21.3 Å². The highest BCUT2D eigenvalue weighted by Gasteiger charge is 2.18. The normalized spacial score (nSPS) is 14.2. The van der Waals surface area contributed by atoms with E-state index in [2.05, 4.69) is 19.2 Å². The second kappa shape index (κ2) is 8.43. The molecule has 2 nitrogen and oxygen atoms in total. The minimum atomic E-state index is -0.249. The van der Waals surface area contributed by atoms with Gasteiger partial charge in [-0.25, -0.2) is 4.39 Å². The van der Waals surface area contributed by atoms with Crippen molar-refractivity contribution in [1.29, 1.82) is 0 Å². The van der Waals surface area contributed by atoms with Gasteiger partial charge in [0.05, 0.1) is 7.11 Å². The maximum atomic E-state index is 14.3. The lowest BCUT2D eigenvalue weighted by Gasteiger charge is -2.21. The molecule has 1 aromatic rings. The van der Waals surface area contributed by atoms with E-state index in [1.807, 2.05) is 30.8 Å². The quantitative estimate of drug-likeness (QED) is 0.779. The summed E-state index contributed by atoms with van der Waals surface area (Å²) in [5.74, 6) is 0.932. The predicted octanol–water partition coefficient (Wildman–Crippen LogP) is 4.02. The highest BCUT2D eigenvalue weighted by atomic mass is 32.2. The van der Waals surface area contributed by atoms with Crippen molar-refractivity contribution in [3.05, 3.63) is 29.6 Å². The van der Waals surface area contributed by atoms with Gasteiger partial charge < -0.3 is 10.1 Å². The Hall–Kier alpha value is -0.740. The Balaban J connectivity index is 2.86. The summed E-state index contributed by atoms with van der Waals surface area (Å²) in [6, 6.07) is 5.36. The van der Waals surface area contributed by atoms with Gasteiger partial charge in [0.25, 0.3) is 0 Å². The highest BCUT2D eigenvalue weighted by Crippen LogP contribution is 2.28. The van der Waals surface area contributed by atoms with Gasteiger partial charge in [0.1, 0.15) is 0 Å². The monoisotopic (exact) mass is 285 g/mol. The smallest absolute Gasteiger partial charge is 0.169 e. The van der Waals surface area contributed by atoms with E-state index < -0.39 is 0 Å². The minimum absolute atomic E-state index is 0.0269. The summed E-state index contributed by atoms with van der Waals surface area (Å²) in [4.78, 5) is 0. The second-order valence-corrected chi connectivity index (χ2v) is 6.00. The van der Waals surface area contributed by atoms with Crippen LogP contribution < -0.4 is 10.1 Å². The lowest BCUT2D eigenvalue weighted by Crippen LogP contribution is -2.24. The first-order chi connectivity index (χ1) is 9.13. The molecule has 4 heteroatoms. The first-order valence-electron chi connectivity index (χ1n) is 6.81. The van der Waals surface area contributed by atoms with Crippen molar-refractivity contribution in [2.24, 2.45) is 0 Å². The predicted molar refractivity (Wildman–Crippen MR) is 81.6 cm³/mol. The van der Waals surface area contributed by atoms with Gasteiger partial charge in [-0.05, 0) is 19.0 Å². The molecule has 2 atom stereocenters. The third-order valence-electron chi connectivity index (χ3n) is 3.16. The number of ether oxygens (including phenoxy) is 1. The molecule has 1 aromatic carbocycles. The first kappa shape index (κ1) is 16.3. The van der Waals surface area contributed by atoms with Gasteiger partial charge in [0, 0.05) is 22.6 Å². The van der Waals surface area contributed by atoms with Crippen molar-refractivity contribution in [2.45, 2.75) is 38.5 Å². The number of benzene rings is 1. The van der Waals surface area contributed by atoms with Crippen LogP contribution in [0.15, 0.2) is 18.2 Å². The van der Waals surface area contributed by atoms with E-state index in [1.54, 1.807) is 6.07 Å². The number of hydrogen-bond donors (Lipinski definition) is 1. The molecule has 0 radical (unpaired) electrons. The van der Waals surface area contributed by atoms with E-state index in [1.165, 1.54) is 7.11 Å². The molecule has 0 saturated heterocycles. The third-order valence-corrected chi connectivity index (χ3v) is 4.59. The molecule has 1 N–H and O–H groups in total. The average Bonchev–Trinajstić information content (AvgIpc) is 2.43. The number of thioether (sulfide) groups is 1. The fourth-order valence-electron chi connectivity index (χ4n) is 1.84. The standard InChI is InChI=1S/C15H24FNOS/c1-5-11(3)19-10-13(17-6-2)12-8-7-9-14(18-4)15(12)16/h7-9,11,13,17H,5-6,10H2,1-4H3. The zero-order valence-corrected chi connectivity index (χ0v) is 13.0. The van der Waals surface area contributed by atoms with Gasteiger partial charge in [-0.15, -0.1) is 0 Å². The first-order valence-corrected chi connectivity index (χ1v) is 7.86. The molecule has 0 saturated carbocycles. The van der Waals surface area contributed by atoms with Crippen molar-refractivity contribution in [1.82, 2.24) is 5.32 Å². The van der Waals surface area contributed by atoms with Crippen LogP contribution in [0.5, 0.6) is 5.75 Å². The van der Waals surface area contributed by atoms with Crippen LogP contribution in [0.4, 0.5) is 4.39 Å². The van der Waals surface area contributed by atoms with Gasteiger partial charge >= 0.3 is 0 Å². The summed E-state index contributed by atoms with van der Waals surface area (Å²) in [6.07, 6.45) is 1.13. The molecule has 0 amide bonds.